The third-order valence-corrected chi connectivity index (χ3v) is 3.77. The van der Waals surface area contributed by atoms with E-state index in [2.05, 4.69) is 10.3 Å². The Morgan fingerprint density at radius 3 is 2.46 bits per heavy atom. The number of para-hydroxylation sites is 3. The number of carbonyl (C=O) groups is 1. The Bertz CT molecular complexity index is 937. The molecule has 0 bridgehead atoms. The van der Waals surface area contributed by atoms with Crippen LogP contribution in [0.25, 0.3) is 0 Å². The van der Waals surface area contributed by atoms with Crippen molar-refractivity contribution < 1.29 is 9.53 Å². The Hall–Kier alpha value is -3.11. The molecule has 130 valence electrons. The Kier molecular flexibility index (Phi) is 5.66. The van der Waals surface area contributed by atoms with Gasteiger partial charge in [-0.1, -0.05) is 41.9 Å². The molecule has 0 spiro atoms. The van der Waals surface area contributed by atoms with Crippen molar-refractivity contribution in [3.05, 3.63) is 83.4 Å². The van der Waals surface area contributed by atoms with Gasteiger partial charge in [0.15, 0.2) is 5.75 Å². The number of anilines is 1. The minimum Gasteiger partial charge on any atom is -0.455 e. The van der Waals surface area contributed by atoms with Gasteiger partial charge in [0, 0.05) is 29.4 Å². The van der Waals surface area contributed by atoms with E-state index in [1.165, 1.54) is 6.92 Å². The molecule has 5 heteroatoms. The summed E-state index contributed by atoms with van der Waals surface area (Å²) in [5, 5.41) is 3.45. The molecule has 0 aliphatic carbocycles. The molecular formula is C21H17ClN2O2. The smallest absolute Gasteiger partial charge is 0.221 e. The number of nitrogens with zero attached hydrogens (tertiary/aromatic N) is 1. The van der Waals surface area contributed by atoms with Crippen LogP contribution in [0.3, 0.4) is 0 Å². The summed E-state index contributed by atoms with van der Waals surface area (Å²) >= 11 is 5.91. The number of hydrogen-bond acceptors (Lipinski definition) is 3. The van der Waals surface area contributed by atoms with Gasteiger partial charge in [0.2, 0.25) is 5.91 Å². The largest absolute Gasteiger partial charge is 0.455 e. The zero-order valence-corrected chi connectivity index (χ0v) is 14.9. The van der Waals surface area contributed by atoms with Crippen molar-refractivity contribution in [3.63, 3.8) is 0 Å². The van der Waals surface area contributed by atoms with Crippen molar-refractivity contribution in [1.29, 1.82) is 0 Å². The molecule has 0 aliphatic heterocycles. The molecule has 0 saturated heterocycles. The Morgan fingerprint density at radius 1 is 1.00 bits per heavy atom. The van der Waals surface area contributed by atoms with E-state index in [1.54, 1.807) is 30.5 Å². The van der Waals surface area contributed by atoms with Crippen LogP contribution in [0.2, 0.25) is 5.02 Å². The summed E-state index contributed by atoms with van der Waals surface area (Å²) < 4.78 is 5.91. The fourth-order valence-electron chi connectivity index (χ4n) is 2.33. The summed E-state index contributed by atoms with van der Waals surface area (Å²) in [6.07, 6.45) is 1.70. The van der Waals surface area contributed by atoms with Crippen LogP contribution in [0.4, 0.5) is 11.4 Å². The van der Waals surface area contributed by atoms with Crippen molar-refractivity contribution in [2.24, 2.45) is 4.99 Å². The SMILES string of the molecule is CC(=O)Nc1ccccc1/C=N/c1ccccc1Oc1ccc(Cl)cc1. The van der Waals surface area contributed by atoms with Crippen LogP contribution in [0, 0.1) is 0 Å². The molecule has 3 aromatic carbocycles. The zero-order chi connectivity index (χ0) is 18.4. The lowest BCUT2D eigenvalue weighted by Gasteiger charge is -2.09. The normalized spacial score (nSPS) is 10.7. The van der Waals surface area contributed by atoms with Crippen LogP contribution < -0.4 is 10.1 Å². The monoisotopic (exact) mass is 364 g/mol. The molecule has 0 unspecified atom stereocenters. The average Bonchev–Trinajstić information content (AvgIpc) is 2.63. The van der Waals surface area contributed by atoms with Crippen molar-refractivity contribution in [2.45, 2.75) is 6.92 Å². The van der Waals surface area contributed by atoms with E-state index in [4.69, 9.17) is 16.3 Å². The van der Waals surface area contributed by atoms with E-state index in [-0.39, 0.29) is 5.91 Å². The number of amides is 1. The van der Waals surface area contributed by atoms with Gasteiger partial charge in [-0.15, -0.1) is 0 Å². The van der Waals surface area contributed by atoms with Crippen LogP contribution in [-0.4, -0.2) is 12.1 Å². The molecule has 0 saturated carbocycles. The Balaban J connectivity index is 1.86. The van der Waals surface area contributed by atoms with Crippen LogP contribution in [0.15, 0.2) is 77.8 Å². The second-order valence-corrected chi connectivity index (χ2v) is 5.99. The first kappa shape index (κ1) is 17.7. The van der Waals surface area contributed by atoms with Gasteiger partial charge < -0.3 is 10.1 Å². The number of rotatable bonds is 5. The highest BCUT2D eigenvalue weighted by Gasteiger charge is 2.05. The standard InChI is InChI=1S/C21H17ClN2O2/c1-15(25)24-19-7-3-2-6-16(19)14-23-20-8-4-5-9-21(20)26-18-12-10-17(22)11-13-18/h2-14H,1H3,(H,24,25)/b23-14+. The predicted octanol–water partition coefficient (Wildman–Crippen LogP) is 5.84. The molecule has 0 atom stereocenters. The summed E-state index contributed by atoms with van der Waals surface area (Å²) in [5.74, 6) is 1.18. The molecule has 3 rings (SSSR count). The molecular weight excluding hydrogens is 348 g/mol. The van der Waals surface area contributed by atoms with Gasteiger partial charge in [0.1, 0.15) is 11.4 Å². The van der Waals surface area contributed by atoms with E-state index >= 15 is 0 Å². The minimum atomic E-state index is -0.127. The lowest BCUT2D eigenvalue weighted by atomic mass is 10.2. The molecule has 1 amide bonds. The van der Waals surface area contributed by atoms with Gasteiger partial charge in [-0.05, 0) is 42.5 Å². The fourth-order valence-corrected chi connectivity index (χ4v) is 2.46. The molecule has 0 aromatic heterocycles. The molecule has 3 aromatic rings. The zero-order valence-electron chi connectivity index (χ0n) is 14.1. The van der Waals surface area contributed by atoms with Gasteiger partial charge in [0.25, 0.3) is 0 Å². The van der Waals surface area contributed by atoms with Crippen LogP contribution in [0.5, 0.6) is 11.5 Å². The van der Waals surface area contributed by atoms with Crippen LogP contribution >= 0.6 is 11.6 Å². The number of halogens is 1. The second kappa shape index (κ2) is 8.32. The highest BCUT2D eigenvalue weighted by Crippen LogP contribution is 2.32. The van der Waals surface area contributed by atoms with Crippen molar-refractivity contribution in [3.8, 4) is 11.5 Å². The number of nitrogens with one attached hydrogen (secondary N) is 1. The van der Waals surface area contributed by atoms with Crippen molar-refractivity contribution in [2.75, 3.05) is 5.32 Å². The first-order valence-electron chi connectivity index (χ1n) is 8.05. The van der Waals surface area contributed by atoms with Crippen LogP contribution in [0.1, 0.15) is 12.5 Å². The highest BCUT2D eigenvalue weighted by atomic mass is 35.5. The number of ether oxygens (including phenoxy) is 1. The predicted molar refractivity (Wildman–Crippen MR) is 106 cm³/mol. The maximum absolute atomic E-state index is 11.3. The highest BCUT2D eigenvalue weighted by molar-refractivity contribution is 6.30. The van der Waals surface area contributed by atoms with Gasteiger partial charge in [-0.2, -0.15) is 0 Å². The summed E-state index contributed by atoms with van der Waals surface area (Å²) in [6, 6.07) is 22.1. The average molecular weight is 365 g/mol. The van der Waals surface area contributed by atoms with E-state index in [0.29, 0.717) is 27.9 Å². The van der Waals surface area contributed by atoms with Gasteiger partial charge in [0.05, 0.1) is 0 Å². The molecule has 26 heavy (non-hydrogen) atoms. The topological polar surface area (TPSA) is 50.7 Å². The number of hydrogen-bond donors (Lipinski definition) is 1. The Labute approximate surface area is 157 Å². The Morgan fingerprint density at radius 2 is 1.69 bits per heavy atom. The van der Waals surface area contributed by atoms with E-state index in [0.717, 1.165) is 5.56 Å². The maximum atomic E-state index is 11.3. The van der Waals surface area contributed by atoms with Crippen LogP contribution in [-0.2, 0) is 4.79 Å². The fraction of sp³-hybridized carbons (Fsp3) is 0.0476. The van der Waals surface area contributed by atoms with E-state index in [9.17, 15) is 4.79 Å². The van der Waals surface area contributed by atoms with Crippen molar-refractivity contribution in [1.82, 2.24) is 0 Å². The lowest BCUT2D eigenvalue weighted by Crippen LogP contribution is -2.07. The first-order chi connectivity index (χ1) is 12.6. The third-order valence-electron chi connectivity index (χ3n) is 3.52. The van der Waals surface area contributed by atoms with Crippen molar-refractivity contribution >= 4 is 35.1 Å². The summed E-state index contributed by atoms with van der Waals surface area (Å²) in [7, 11) is 0. The summed E-state index contributed by atoms with van der Waals surface area (Å²) in [6.45, 7) is 1.48. The molecule has 0 radical (unpaired) electrons. The molecule has 4 nitrogen and oxygen atoms in total. The molecule has 0 heterocycles. The molecule has 0 fully saturated rings. The minimum absolute atomic E-state index is 0.127. The second-order valence-electron chi connectivity index (χ2n) is 5.55. The number of carbonyl (C=O) groups excluding carboxylic acids is 1. The summed E-state index contributed by atoms with van der Waals surface area (Å²) in [4.78, 5) is 15.9. The number of aliphatic imine (C=N–C) groups is 1. The van der Waals surface area contributed by atoms with E-state index in [1.807, 2.05) is 48.5 Å². The van der Waals surface area contributed by atoms with E-state index < -0.39 is 0 Å². The number of benzene rings is 3. The van der Waals surface area contributed by atoms with Gasteiger partial charge >= 0.3 is 0 Å². The van der Waals surface area contributed by atoms with Gasteiger partial charge in [-0.3, -0.25) is 9.79 Å². The molecule has 0 aliphatic rings. The maximum Gasteiger partial charge on any atom is 0.221 e. The first-order valence-corrected chi connectivity index (χ1v) is 8.43. The quantitative estimate of drug-likeness (QED) is 0.578. The lowest BCUT2D eigenvalue weighted by molar-refractivity contribution is -0.114. The third kappa shape index (κ3) is 4.71. The molecule has 1 N–H and O–H groups in total. The summed E-state index contributed by atoms with van der Waals surface area (Å²) in [5.41, 5.74) is 2.20. The van der Waals surface area contributed by atoms with Gasteiger partial charge in [-0.25, -0.2) is 0 Å².